The van der Waals surface area contributed by atoms with Gasteiger partial charge in [-0.15, -0.1) is 0 Å². The minimum atomic E-state index is 0.374. The molecule has 3 heteroatoms. The number of amides is 1. The van der Waals surface area contributed by atoms with Crippen LogP contribution in [0.1, 0.15) is 39.0 Å². The maximum absolute atomic E-state index is 12.1. The molecule has 2 heterocycles. The molecule has 0 unspecified atom stereocenters. The fourth-order valence-corrected chi connectivity index (χ4v) is 2.58. The zero-order valence-corrected chi connectivity index (χ0v) is 10.3. The minimum absolute atomic E-state index is 0.374. The Labute approximate surface area is 98.1 Å². The highest BCUT2D eigenvalue weighted by Gasteiger charge is 2.23. The zero-order valence-electron chi connectivity index (χ0n) is 10.3. The molecular formula is C13H23NO2. The van der Waals surface area contributed by atoms with Crippen molar-refractivity contribution in [3.63, 3.8) is 0 Å². The van der Waals surface area contributed by atoms with Gasteiger partial charge in [0.15, 0.2) is 0 Å². The van der Waals surface area contributed by atoms with Gasteiger partial charge < -0.3 is 9.64 Å². The van der Waals surface area contributed by atoms with Crippen molar-refractivity contribution in [2.24, 2.45) is 11.8 Å². The van der Waals surface area contributed by atoms with Gasteiger partial charge in [0.2, 0.25) is 5.91 Å². The smallest absolute Gasteiger partial charge is 0.222 e. The Morgan fingerprint density at radius 1 is 1.19 bits per heavy atom. The van der Waals surface area contributed by atoms with Crippen LogP contribution >= 0.6 is 0 Å². The fraction of sp³-hybridized carbons (Fsp3) is 0.923. The van der Waals surface area contributed by atoms with Crippen LogP contribution in [0.2, 0.25) is 0 Å². The summed E-state index contributed by atoms with van der Waals surface area (Å²) in [6.45, 7) is 5.91. The molecule has 0 radical (unpaired) electrons. The van der Waals surface area contributed by atoms with E-state index in [2.05, 4.69) is 11.8 Å². The summed E-state index contributed by atoms with van der Waals surface area (Å²) in [5.74, 6) is 1.74. The van der Waals surface area contributed by atoms with Crippen molar-refractivity contribution < 1.29 is 9.53 Å². The van der Waals surface area contributed by atoms with Gasteiger partial charge in [0.25, 0.3) is 0 Å². The van der Waals surface area contributed by atoms with Crippen LogP contribution in [0.5, 0.6) is 0 Å². The van der Waals surface area contributed by atoms with E-state index in [1.165, 1.54) is 12.8 Å². The molecule has 92 valence electrons. The lowest BCUT2D eigenvalue weighted by atomic mass is 9.94. The molecule has 2 aliphatic heterocycles. The molecule has 2 rings (SSSR count). The number of piperidine rings is 1. The normalized spacial score (nSPS) is 24.7. The Bertz CT molecular complexity index is 228. The summed E-state index contributed by atoms with van der Waals surface area (Å²) in [4.78, 5) is 14.1. The standard InChI is InChI=1S/C13H23NO2/c1-11-2-6-14(7-3-11)13(15)10-12-4-8-16-9-5-12/h11-12H,2-10H2,1H3. The summed E-state index contributed by atoms with van der Waals surface area (Å²) in [5, 5.41) is 0. The van der Waals surface area contributed by atoms with Crippen molar-refractivity contribution in [1.29, 1.82) is 0 Å². The predicted molar refractivity (Wildman–Crippen MR) is 63.1 cm³/mol. The van der Waals surface area contributed by atoms with Gasteiger partial charge >= 0.3 is 0 Å². The summed E-state index contributed by atoms with van der Waals surface area (Å²) in [7, 11) is 0. The summed E-state index contributed by atoms with van der Waals surface area (Å²) in [6, 6.07) is 0. The van der Waals surface area contributed by atoms with Gasteiger partial charge in [-0.1, -0.05) is 6.92 Å². The van der Waals surface area contributed by atoms with E-state index in [0.717, 1.165) is 51.5 Å². The Morgan fingerprint density at radius 3 is 2.44 bits per heavy atom. The van der Waals surface area contributed by atoms with E-state index < -0.39 is 0 Å². The first kappa shape index (κ1) is 11.9. The maximum Gasteiger partial charge on any atom is 0.222 e. The average molecular weight is 225 g/mol. The molecule has 0 saturated carbocycles. The van der Waals surface area contributed by atoms with E-state index in [9.17, 15) is 4.79 Å². The molecule has 0 aliphatic carbocycles. The van der Waals surface area contributed by atoms with Crippen LogP contribution in [0.25, 0.3) is 0 Å². The number of carbonyl (C=O) groups excluding carboxylic acids is 1. The summed E-state index contributed by atoms with van der Waals surface area (Å²) in [5.41, 5.74) is 0. The molecular weight excluding hydrogens is 202 g/mol. The van der Waals surface area contributed by atoms with Crippen LogP contribution < -0.4 is 0 Å². The van der Waals surface area contributed by atoms with Crippen LogP contribution in [0, 0.1) is 11.8 Å². The molecule has 0 aromatic carbocycles. The number of ether oxygens (including phenoxy) is 1. The van der Waals surface area contributed by atoms with Crippen LogP contribution in [-0.2, 0) is 9.53 Å². The van der Waals surface area contributed by atoms with Gasteiger partial charge in [0.05, 0.1) is 0 Å². The first-order valence-corrected chi connectivity index (χ1v) is 6.61. The first-order chi connectivity index (χ1) is 7.75. The van der Waals surface area contributed by atoms with Crippen molar-refractivity contribution in [2.45, 2.75) is 39.0 Å². The largest absolute Gasteiger partial charge is 0.381 e. The molecule has 0 bridgehead atoms. The Balaban J connectivity index is 1.74. The quantitative estimate of drug-likeness (QED) is 0.720. The van der Waals surface area contributed by atoms with Crippen LogP contribution in [0.3, 0.4) is 0 Å². The molecule has 2 saturated heterocycles. The lowest BCUT2D eigenvalue weighted by Crippen LogP contribution is -2.39. The number of likely N-dealkylation sites (tertiary alicyclic amines) is 1. The molecule has 3 nitrogen and oxygen atoms in total. The minimum Gasteiger partial charge on any atom is -0.381 e. The number of rotatable bonds is 2. The number of hydrogen-bond donors (Lipinski definition) is 0. The van der Waals surface area contributed by atoms with Gasteiger partial charge in [-0.05, 0) is 37.5 Å². The third-order valence-corrected chi connectivity index (χ3v) is 3.94. The Morgan fingerprint density at radius 2 is 1.81 bits per heavy atom. The predicted octanol–water partition coefficient (Wildman–Crippen LogP) is 2.06. The van der Waals surface area contributed by atoms with E-state index in [-0.39, 0.29) is 0 Å². The summed E-state index contributed by atoms with van der Waals surface area (Å²) in [6.07, 6.45) is 5.24. The molecule has 0 atom stereocenters. The molecule has 2 fully saturated rings. The van der Waals surface area contributed by atoms with E-state index in [1.807, 2.05) is 0 Å². The van der Waals surface area contributed by atoms with Crippen molar-refractivity contribution in [3.05, 3.63) is 0 Å². The highest BCUT2D eigenvalue weighted by atomic mass is 16.5. The third kappa shape index (κ3) is 3.21. The molecule has 0 aromatic rings. The van der Waals surface area contributed by atoms with Crippen LogP contribution in [-0.4, -0.2) is 37.1 Å². The second-order valence-electron chi connectivity index (χ2n) is 5.32. The molecule has 0 N–H and O–H groups in total. The zero-order chi connectivity index (χ0) is 11.4. The summed E-state index contributed by atoms with van der Waals surface area (Å²) < 4.78 is 5.32. The van der Waals surface area contributed by atoms with E-state index in [4.69, 9.17) is 4.74 Å². The SMILES string of the molecule is CC1CCN(C(=O)CC2CCOCC2)CC1. The van der Waals surface area contributed by atoms with Gasteiger partial charge in [-0.2, -0.15) is 0 Å². The molecule has 16 heavy (non-hydrogen) atoms. The van der Waals surface area contributed by atoms with Gasteiger partial charge in [-0.3, -0.25) is 4.79 Å². The molecule has 0 aromatic heterocycles. The van der Waals surface area contributed by atoms with Crippen LogP contribution in [0.4, 0.5) is 0 Å². The van der Waals surface area contributed by atoms with Crippen molar-refractivity contribution in [2.75, 3.05) is 26.3 Å². The fourth-order valence-electron chi connectivity index (χ4n) is 2.58. The third-order valence-electron chi connectivity index (χ3n) is 3.94. The summed E-state index contributed by atoms with van der Waals surface area (Å²) >= 11 is 0. The van der Waals surface area contributed by atoms with Crippen molar-refractivity contribution in [3.8, 4) is 0 Å². The topological polar surface area (TPSA) is 29.5 Å². The second-order valence-corrected chi connectivity index (χ2v) is 5.32. The van der Waals surface area contributed by atoms with Gasteiger partial charge in [-0.25, -0.2) is 0 Å². The van der Waals surface area contributed by atoms with Crippen molar-refractivity contribution >= 4 is 5.91 Å². The van der Waals surface area contributed by atoms with Crippen LogP contribution in [0.15, 0.2) is 0 Å². The van der Waals surface area contributed by atoms with E-state index >= 15 is 0 Å². The maximum atomic E-state index is 12.1. The van der Waals surface area contributed by atoms with E-state index in [0.29, 0.717) is 11.8 Å². The Hall–Kier alpha value is -0.570. The Kier molecular flexibility index (Phi) is 4.22. The highest BCUT2D eigenvalue weighted by molar-refractivity contribution is 5.76. The lowest BCUT2D eigenvalue weighted by molar-refractivity contribution is -0.134. The monoisotopic (exact) mass is 225 g/mol. The highest BCUT2D eigenvalue weighted by Crippen LogP contribution is 2.22. The number of nitrogens with zero attached hydrogens (tertiary/aromatic N) is 1. The van der Waals surface area contributed by atoms with Crippen molar-refractivity contribution in [1.82, 2.24) is 4.90 Å². The first-order valence-electron chi connectivity index (χ1n) is 6.61. The number of carbonyl (C=O) groups is 1. The molecule has 2 aliphatic rings. The van der Waals surface area contributed by atoms with Gasteiger partial charge in [0.1, 0.15) is 0 Å². The van der Waals surface area contributed by atoms with Gasteiger partial charge in [0, 0.05) is 32.7 Å². The average Bonchev–Trinajstić information content (AvgIpc) is 2.31. The molecule has 0 spiro atoms. The number of hydrogen-bond acceptors (Lipinski definition) is 2. The van der Waals surface area contributed by atoms with E-state index in [1.54, 1.807) is 0 Å². The molecule has 1 amide bonds. The lowest BCUT2D eigenvalue weighted by Gasteiger charge is -2.32. The second kappa shape index (κ2) is 5.67.